The number of nitrogens with one attached hydrogen (secondary N) is 1. The molecule has 82 valence electrons. The third kappa shape index (κ3) is 2.44. The highest BCUT2D eigenvalue weighted by Crippen LogP contribution is 2.42. The van der Waals surface area contributed by atoms with Crippen molar-refractivity contribution in [2.45, 2.75) is 30.4 Å². The Kier molecular flexibility index (Phi) is 3.74. The molecule has 1 unspecified atom stereocenters. The Hall–Kier alpha value is 0.270. The minimum absolute atomic E-state index is 0.583. The van der Waals surface area contributed by atoms with Gasteiger partial charge in [-0.2, -0.15) is 11.8 Å². The van der Waals surface area contributed by atoms with E-state index in [1.165, 1.54) is 32.2 Å². The van der Waals surface area contributed by atoms with Crippen molar-refractivity contribution in [2.24, 2.45) is 5.92 Å². The molecule has 0 bridgehead atoms. The van der Waals surface area contributed by atoms with Crippen LogP contribution in [0.5, 0.6) is 0 Å². The van der Waals surface area contributed by atoms with Crippen LogP contribution in [-0.4, -0.2) is 37.3 Å². The number of rotatable bonds is 5. The van der Waals surface area contributed by atoms with E-state index in [1.54, 1.807) is 0 Å². The fourth-order valence-electron chi connectivity index (χ4n) is 2.27. The summed E-state index contributed by atoms with van der Waals surface area (Å²) in [6.07, 6.45) is 7.73. The van der Waals surface area contributed by atoms with Crippen LogP contribution in [-0.2, 0) is 4.74 Å². The van der Waals surface area contributed by atoms with E-state index in [-0.39, 0.29) is 0 Å². The minimum atomic E-state index is 0.583. The lowest BCUT2D eigenvalue weighted by molar-refractivity contribution is 0.184. The Labute approximate surface area is 91.2 Å². The van der Waals surface area contributed by atoms with Crippen molar-refractivity contribution in [3.05, 3.63) is 0 Å². The number of thioether (sulfide) groups is 1. The molecule has 1 atom stereocenters. The summed E-state index contributed by atoms with van der Waals surface area (Å²) in [5.41, 5.74) is 0. The summed E-state index contributed by atoms with van der Waals surface area (Å²) in [7, 11) is 0. The topological polar surface area (TPSA) is 21.3 Å². The third-order valence-electron chi connectivity index (χ3n) is 3.60. The van der Waals surface area contributed by atoms with E-state index in [0.29, 0.717) is 4.75 Å². The third-order valence-corrected chi connectivity index (χ3v) is 5.02. The Morgan fingerprint density at radius 1 is 1.50 bits per heavy atom. The minimum Gasteiger partial charge on any atom is -0.381 e. The van der Waals surface area contributed by atoms with Crippen molar-refractivity contribution in [1.82, 2.24) is 5.32 Å². The first-order valence-electron chi connectivity index (χ1n) is 5.68. The van der Waals surface area contributed by atoms with Crippen LogP contribution >= 0.6 is 11.8 Å². The zero-order valence-corrected chi connectivity index (χ0v) is 9.87. The van der Waals surface area contributed by atoms with Gasteiger partial charge in [-0.25, -0.2) is 0 Å². The van der Waals surface area contributed by atoms with Crippen LogP contribution in [0.3, 0.4) is 0 Å². The molecule has 2 nitrogen and oxygen atoms in total. The van der Waals surface area contributed by atoms with Gasteiger partial charge < -0.3 is 10.1 Å². The molecule has 1 heterocycles. The standard InChI is InChI=1S/C11H21NOS/c1-14-11(4-2-5-11)9-12-7-10-3-6-13-8-10/h10,12H,2-9H2,1H3. The summed E-state index contributed by atoms with van der Waals surface area (Å²) in [5, 5.41) is 3.62. The largest absolute Gasteiger partial charge is 0.381 e. The summed E-state index contributed by atoms with van der Waals surface area (Å²) in [6.45, 7) is 4.30. The van der Waals surface area contributed by atoms with E-state index in [2.05, 4.69) is 11.6 Å². The fraction of sp³-hybridized carbons (Fsp3) is 1.00. The SMILES string of the molecule is CSC1(CNCC2CCOC2)CCC1. The summed E-state index contributed by atoms with van der Waals surface area (Å²) in [5.74, 6) is 0.772. The smallest absolute Gasteiger partial charge is 0.0507 e. The molecule has 0 aromatic rings. The van der Waals surface area contributed by atoms with Gasteiger partial charge in [0.1, 0.15) is 0 Å². The highest BCUT2D eigenvalue weighted by atomic mass is 32.2. The van der Waals surface area contributed by atoms with Crippen molar-refractivity contribution < 1.29 is 4.74 Å². The second kappa shape index (κ2) is 4.86. The fourth-order valence-corrected chi connectivity index (χ4v) is 3.22. The number of hydrogen-bond donors (Lipinski definition) is 1. The lowest BCUT2D eigenvalue weighted by atomic mass is 9.84. The average Bonchev–Trinajstić information content (AvgIpc) is 2.62. The average molecular weight is 215 g/mol. The molecule has 2 fully saturated rings. The van der Waals surface area contributed by atoms with Gasteiger partial charge in [0.15, 0.2) is 0 Å². The summed E-state index contributed by atoms with van der Waals surface area (Å²) < 4.78 is 5.94. The maximum Gasteiger partial charge on any atom is 0.0507 e. The molecule has 0 amide bonds. The Morgan fingerprint density at radius 3 is 2.86 bits per heavy atom. The molecule has 14 heavy (non-hydrogen) atoms. The zero-order valence-electron chi connectivity index (χ0n) is 9.05. The van der Waals surface area contributed by atoms with Gasteiger partial charge in [0, 0.05) is 24.4 Å². The van der Waals surface area contributed by atoms with E-state index < -0.39 is 0 Å². The van der Waals surface area contributed by atoms with Gasteiger partial charge in [0.25, 0.3) is 0 Å². The van der Waals surface area contributed by atoms with E-state index in [4.69, 9.17) is 4.74 Å². The van der Waals surface area contributed by atoms with Crippen molar-refractivity contribution in [3.63, 3.8) is 0 Å². The lowest BCUT2D eigenvalue weighted by Gasteiger charge is -2.40. The van der Waals surface area contributed by atoms with Crippen LogP contribution < -0.4 is 5.32 Å². The molecule has 0 aromatic carbocycles. The van der Waals surface area contributed by atoms with Crippen molar-refractivity contribution in [2.75, 3.05) is 32.6 Å². The van der Waals surface area contributed by atoms with Crippen molar-refractivity contribution in [3.8, 4) is 0 Å². The van der Waals surface area contributed by atoms with Gasteiger partial charge in [-0.1, -0.05) is 6.42 Å². The van der Waals surface area contributed by atoms with Crippen LogP contribution in [0.1, 0.15) is 25.7 Å². The lowest BCUT2D eigenvalue weighted by Crippen LogP contribution is -2.44. The van der Waals surface area contributed by atoms with Gasteiger partial charge in [-0.15, -0.1) is 0 Å². The molecule has 2 aliphatic rings. The Morgan fingerprint density at radius 2 is 2.36 bits per heavy atom. The highest BCUT2D eigenvalue weighted by Gasteiger charge is 2.35. The first-order chi connectivity index (χ1) is 6.85. The maximum atomic E-state index is 5.36. The number of ether oxygens (including phenoxy) is 1. The molecule has 0 radical (unpaired) electrons. The molecule has 0 aromatic heterocycles. The predicted octanol–water partition coefficient (Wildman–Crippen LogP) is 1.90. The van der Waals surface area contributed by atoms with Crippen molar-refractivity contribution >= 4 is 11.8 Å². The summed E-state index contributed by atoms with van der Waals surface area (Å²) in [6, 6.07) is 0. The zero-order chi connectivity index (χ0) is 9.86. The van der Waals surface area contributed by atoms with E-state index in [1.807, 2.05) is 11.8 Å². The van der Waals surface area contributed by atoms with Gasteiger partial charge in [-0.05, 0) is 31.4 Å². The van der Waals surface area contributed by atoms with E-state index in [9.17, 15) is 0 Å². The molecule has 2 rings (SSSR count). The molecule has 3 heteroatoms. The Balaban J connectivity index is 1.61. The van der Waals surface area contributed by atoms with Gasteiger partial charge in [-0.3, -0.25) is 0 Å². The molecule has 1 aliphatic carbocycles. The predicted molar refractivity (Wildman–Crippen MR) is 61.9 cm³/mol. The Bertz CT molecular complexity index is 171. The normalized spacial score (nSPS) is 30.2. The van der Waals surface area contributed by atoms with Crippen LogP contribution in [0.25, 0.3) is 0 Å². The summed E-state index contributed by atoms with van der Waals surface area (Å²) >= 11 is 2.05. The maximum absolute atomic E-state index is 5.36. The highest BCUT2D eigenvalue weighted by molar-refractivity contribution is 8.00. The van der Waals surface area contributed by atoms with Crippen LogP contribution in [0, 0.1) is 5.92 Å². The van der Waals surface area contributed by atoms with Gasteiger partial charge >= 0.3 is 0 Å². The number of hydrogen-bond acceptors (Lipinski definition) is 3. The molecule has 1 N–H and O–H groups in total. The van der Waals surface area contributed by atoms with E-state index in [0.717, 1.165) is 25.7 Å². The molecular formula is C11H21NOS. The molecule has 1 aliphatic heterocycles. The first kappa shape index (κ1) is 10.8. The van der Waals surface area contributed by atoms with Crippen molar-refractivity contribution in [1.29, 1.82) is 0 Å². The van der Waals surface area contributed by atoms with Crippen LogP contribution in [0.2, 0.25) is 0 Å². The summed E-state index contributed by atoms with van der Waals surface area (Å²) in [4.78, 5) is 0. The van der Waals surface area contributed by atoms with Gasteiger partial charge in [0.05, 0.1) is 6.61 Å². The van der Waals surface area contributed by atoms with Crippen LogP contribution in [0.4, 0.5) is 0 Å². The van der Waals surface area contributed by atoms with E-state index >= 15 is 0 Å². The second-order valence-corrected chi connectivity index (χ2v) is 5.88. The molecule has 1 saturated carbocycles. The van der Waals surface area contributed by atoms with Gasteiger partial charge in [0.2, 0.25) is 0 Å². The van der Waals surface area contributed by atoms with Crippen LogP contribution in [0.15, 0.2) is 0 Å². The molecule has 0 spiro atoms. The second-order valence-electron chi connectivity index (χ2n) is 4.60. The monoisotopic (exact) mass is 215 g/mol. The molecular weight excluding hydrogens is 194 g/mol. The first-order valence-corrected chi connectivity index (χ1v) is 6.91. The molecule has 1 saturated heterocycles. The quantitative estimate of drug-likeness (QED) is 0.757.